The summed E-state index contributed by atoms with van der Waals surface area (Å²) in [6.07, 6.45) is 50.1. The first-order chi connectivity index (χ1) is 30.6. The van der Waals surface area contributed by atoms with E-state index in [1.807, 2.05) is 0 Å². The molecular formula is C60H96N2Ni. The summed E-state index contributed by atoms with van der Waals surface area (Å²) in [5.74, 6) is 13.7. The quantitative estimate of drug-likeness (QED) is 0.0278. The average molecular weight is 904 g/mol. The van der Waals surface area contributed by atoms with Gasteiger partial charge in [0.05, 0.1) is 11.4 Å². The molecule has 2 nitrogen and oxygen atoms in total. The summed E-state index contributed by atoms with van der Waals surface area (Å²) in [5.41, 5.74) is 7.07. The summed E-state index contributed by atoms with van der Waals surface area (Å²) in [5, 5.41) is 0. The summed E-state index contributed by atoms with van der Waals surface area (Å²) >= 11 is 0. The minimum atomic E-state index is 0. The van der Waals surface area contributed by atoms with Crippen molar-refractivity contribution in [2.75, 3.05) is 0 Å². The minimum absolute atomic E-state index is 0. The smallest absolute Gasteiger partial charge is 0.148 e. The third-order valence-corrected chi connectivity index (χ3v) is 12.6. The number of benzene rings is 2. The molecule has 0 aromatic heterocycles. The van der Waals surface area contributed by atoms with Gasteiger partial charge in [-0.05, 0) is 92.3 Å². The van der Waals surface area contributed by atoms with E-state index in [1.54, 1.807) is 0 Å². The van der Waals surface area contributed by atoms with Gasteiger partial charge in [-0.25, -0.2) is 9.98 Å². The molecule has 2 rings (SSSR count). The van der Waals surface area contributed by atoms with Crippen molar-refractivity contribution in [1.29, 1.82) is 0 Å². The van der Waals surface area contributed by atoms with Crippen LogP contribution in [0.2, 0.25) is 0 Å². The van der Waals surface area contributed by atoms with E-state index in [1.165, 1.54) is 222 Å². The number of rotatable bonds is 38. The first-order valence-electron chi connectivity index (χ1n) is 26.9. The zero-order valence-corrected chi connectivity index (χ0v) is 42.9. The van der Waals surface area contributed by atoms with Gasteiger partial charge in [0.2, 0.25) is 0 Å². The first-order valence-corrected chi connectivity index (χ1v) is 26.9. The summed E-state index contributed by atoms with van der Waals surface area (Å²) in [6.45, 7) is 11.0. The van der Waals surface area contributed by atoms with E-state index in [2.05, 4.69) is 101 Å². The Balaban J connectivity index is 0.0000198. The molecule has 0 heterocycles. The summed E-state index contributed by atoms with van der Waals surface area (Å²) in [7, 11) is 0. The third kappa shape index (κ3) is 33.5. The van der Waals surface area contributed by atoms with E-state index in [0.29, 0.717) is 11.4 Å². The zero-order chi connectivity index (χ0) is 44.4. The zero-order valence-electron chi connectivity index (χ0n) is 41.9. The normalized spacial score (nSPS) is 11.5. The Labute approximate surface area is 402 Å². The molecule has 0 aliphatic heterocycles. The molecule has 0 atom stereocenters. The molecule has 0 radical (unpaired) electrons. The van der Waals surface area contributed by atoms with Crippen molar-refractivity contribution in [2.24, 2.45) is 9.98 Å². The second-order valence-electron chi connectivity index (χ2n) is 18.7. The van der Waals surface area contributed by atoms with Gasteiger partial charge in [0.15, 0.2) is 0 Å². The van der Waals surface area contributed by atoms with Crippen LogP contribution in [0.3, 0.4) is 0 Å². The van der Waals surface area contributed by atoms with E-state index >= 15 is 0 Å². The Hall–Kier alpha value is -2.61. The van der Waals surface area contributed by atoms with Crippen molar-refractivity contribution < 1.29 is 16.5 Å². The standard InChI is InChI=1S/C60H96N2.Ni/c1-6-9-12-14-16-18-19-20-21-22-23-24-25-26-27-28-29-30-31-32-33-34-35-36-38-40-43-46-59(60(45-41-11-8-3)62-58-50-47-54(4)55(5)53-58)61-57-51-48-56(49-52-57)44-42-39-37-17-15-13-10-7-2;/h47-53H,6-40,42,44H2,1-5H3;/b61-59+,62-60+;. The van der Waals surface area contributed by atoms with Crippen molar-refractivity contribution in [1.82, 2.24) is 0 Å². The Morgan fingerprint density at radius 2 is 0.714 bits per heavy atom. The number of nitrogens with zero attached hydrogens (tertiary/aromatic N) is 2. The van der Waals surface area contributed by atoms with Crippen molar-refractivity contribution in [3.05, 3.63) is 59.2 Å². The molecule has 0 saturated heterocycles. The molecule has 0 aliphatic rings. The topological polar surface area (TPSA) is 24.7 Å². The fraction of sp³-hybridized carbons (Fsp3) is 0.700. The predicted octanol–water partition coefficient (Wildman–Crippen LogP) is 19.8. The maximum atomic E-state index is 5.10. The maximum absolute atomic E-state index is 5.10. The van der Waals surface area contributed by atoms with Gasteiger partial charge >= 0.3 is 0 Å². The second kappa shape index (κ2) is 43.3. The van der Waals surface area contributed by atoms with Gasteiger partial charge in [-0.3, -0.25) is 0 Å². The van der Waals surface area contributed by atoms with Gasteiger partial charge in [0, 0.05) is 29.3 Å². The second-order valence-corrected chi connectivity index (χ2v) is 18.7. The molecule has 63 heavy (non-hydrogen) atoms. The summed E-state index contributed by atoms with van der Waals surface area (Å²) in [4.78, 5) is 10.2. The molecule has 0 aliphatic carbocycles. The van der Waals surface area contributed by atoms with Crippen LogP contribution in [0.1, 0.15) is 269 Å². The van der Waals surface area contributed by atoms with E-state index in [4.69, 9.17) is 9.98 Å². The van der Waals surface area contributed by atoms with Crippen LogP contribution in [0.4, 0.5) is 11.4 Å². The molecule has 0 amide bonds. The molecule has 2 aromatic carbocycles. The average Bonchev–Trinajstić information content (AvgIpc) is 3.28. The monoisotopic (exact) mass is 903 g/mol. The van der Waals surface area contributed by atoms with Crippen molar-refractivity contribution in [2.45, 2.75) is 272 Å². The van der Waals surface area contributed by atoms with Gasteiger partial charge in [-0.2, -0.15) is 0 Å². The van der Waals surface area contributed by atoms with E-state index < -0.39 is 0 Å². The summed E-state index contributed by atoms with van der Waals surface area (Å²) in [6, 6.07) is 15.2. The molecule has 356 valence electrons. The Morgan fingerprint density at radius 1 is 0.365 bits per heavy atom. The van der Waals surface area contributed by atoms with Crippen molar-refractivity contribution in [3.8, 4) is 23.7 Å². The minimum Gasteiger partial charge on any atom is -0.237 e. The molecule has 0 spiro atoms. The molecule has 0 saturated carbocycles. The van der Waals surface area contributed by atoms with Crippen LogP contribution < -0.4 is 0 Å². The Bertz CT molecular complexity index is 1540. The fourth-order valence-electron chi connectivity index (χ4n) is 8.30. The van der Waals surface area contributed by atoms with Crippen LogP contribution in [-0.4, -0.2) is 11.4 Å². The van der Waals surface area contributed by atoms with E-state index in [9.17, 15) is 0 Å². The SMILES string of the molecule is CCCC#CC(=N\c1ccc(C)c(C)c1)/C(C#CCCCCCCCCCCCCCCCCCCCCCCCCCCC)=N/c1ccc(CCCCCCCCCC)cc1.[Ni]. The van der Waals surface area contributed by atoms with Gasteiger partial charge in [-0.1, -0.05) is 250 Å². The molecular weight excluding hydrogens is 807 g/mol. The van der Waals surface area contributed by atoms with Crippen LogP contribution in [-0.2, 0) is 22.9 Å². The Kier molecular flexibility index (Phi) is 40.1. The van der Waals surface area contributed by atoms with Crippen LogP contribution in [0.25, 0.3) is 0 Å². The molecule has 2 aromatic rings. The largest absolute Gasteiger partial charge is 0.237 e. The van der Waals surface area contributed by atoms with Crippen molar-refractivity contribution in [3.63, 3.8) is 0 Å². The van der Waals surface area contributed by atoms with Crippen LogP contribution in [0.5, 0.6) is 0 Å². The molecule has 0 unspecified atom stereocenters. The van der Waals surface area contributed by atoms with Crippen LogP contribution in [0, 0.1) is 37.5 Å². The molecule has 3 heteroatoms. The Morgan fingerprint density at radius 3 is 1.11 bits per heavy atom. The van der Waals surface area contributed by atoms with Crippen LogP contribution in [0.15, 0.2) is 52.4 Å². The summed E-state index contributed by atoms with van der Waals surface area (Å²) < 4.78 is 0. The van der Waals surface area contributed by atoms with Gasteiger partial charge < -0.3 is 0 Å². The van der Waals surface area contributed by atoms with Crippen molar-refractivity contribution >= 4 is 22.8 Å². The first kappa shape index (κ1) is 58.4. The number of aliphatic imine (C=N–C) groups is 2. The van der Waals surface area contributed by atoms with Gasteiger partial charge in [0.1, 0.15) is 11.4 Å². The predicted molar refractivity (Wildman–Crippen MR) is 279 cm³/mol. The van der Waals surface area contributed by atoms with Gasteiger partial charge in [0.25, 0.3) is 0 Å². The maximum Gasteiger partial charge on any atom is 0.148 e. The third-order valence-electron chi connectivity index (χ3n) is 12.6. The van der Waals surface area contributed by atoms with Gasteiger partial charge in [-0.15, -0.1) is 0 Å². The molecule has 0 bridgehead atoms. The number of hydrogen-bond donors (Lipinski definition) is 0. The molecule has 0 fully saturated rings. The van der Waals surface area contributed by atoms with E-state index in [0.717, 1.165) is 43.5 Å². The number of unbranched alkanes of at least 4 members (excludes halogenated alkanes) is 33. The fourth-order valence-corrected chi connectivity index (χ4v) is 8.30. The van der Waals surface area contributed by atoms with Crippen LogP contribution >= 0.6 is 0 Å². The molecule has 0 N–H and O–H groups in total. The number of hydrogen-bond acceptors (Lipinski definition) is 2. The number of aryl methyl sites for hydroxylation is 3. The van der Waals surface area contributed by atoms with E-state index in [-0.39, 0.29) is 16.5 Å².